The van der Waals surface area contributed by atoms with Gasteiger partial charge in [-0.25, -0.2) is 0 Å². The zero-order valence-electron chi connectivity index (χ0n) is 11.2. The Labute approximate surface area is 115 Å². The van der Waals surface area contributed by atoms with Crippen molar-refractivity contribution >= 4 is 11.6 Å². The van der Waals surface area contributed by atoms with Gasteiger partial charge in [-0.15, -0.1) is 0 Å². The molecule has 0 aromatic heterocycles. The number of benzene rings is 1. The lowest BCUT2D eigenvalue weighted by atomic mass is 9.84. The Hall–Kier alpha value is -0.530. The minimum atomic E-state index is -0.329. The van der Waals surface area contributed by atoms with Crippen molar-refractivity contribution in [2.45, 2.75) is 58.0 Å². The molecule has 18 heavy (non-hydrogen) atoms. The second kappa shape index (κ2) is 6.58. The van der Waals surface area contributed by atoms with Crippen molar-refractivity contribution < 1.29 is 5.11 Å². The molecule has 0 radical (unpaired) electrons. The predicted octanol–water partition coefficient (Wildman–Crippen LogP) is 5.04. The van der Waals surface area contributed by atoms with Gasteiger partial charge in [0.1, 0.15) is 0 Å². The molecule has 1 fully saturated rings. The third-order valence-corrected chi connectivity index (χ3v) is 4.40. The maximum atomic E-state index is 10.3. The zero-order chi connectivity index (χ0) is 13.0. The van der Waals surface area contributed by atoms with E-state index in [0.717, 1.165) is 34.9 Å². The molecule has 1 saturated carbocycles. The van der Waals surface area contributed by atoms with Crippen molar-refractivity contribution in [1.82, 2.24) is 0 Å². The van der Waals surface area contributed by atoms with Crippen LogP contribution in [0.15, 0.2) is 18.2 Å². The molecule has 2 rings (SSSR count). The highest BCUT2D eigenvalue weighted by Gasteiger charge is 2.16. The fourth-order valence-electron chi connectivity index (χ4n) is 3.04. The summed E-state index contributed by atoms with van der Waals surface area (Å²) in [6, 6.07) is 5.76. The lowest BCUT2D eigenvalue weighted by Crippen LogP contribution is -2.09. The summed E-state index contributed by atoms with van der Waals surface area (Å²) in [7, 11) is 0. The van der Waals surface area contributed by atoms with Gasteiger partial charge in [0, 0.05) is 5.02 Å². The topological polar surface area (TPSA) is 20.2 Å². The second-order valence-electron chi connectivity index (χ2n) is 5.60. The Kier molecular flexibility index (Phi) is 5.08. The largest absolute Gasteiger partial charge is 0.388 e. The van der Waals surface area contributed by atoms with Crippen molar-refractivity contribution in [2.75, 3.05) is 0 Å². The molecule has 0 heterocycles. The van der Waals surface area contributed by atoms with Gasteiger partial charge >= 0.3 is 0 Å². The molecule has 1 aromatic carbocycles. The van der Waals surface area contributed by atoms with Crippen molar-refractivity contribution in [3.8, 4) is 0 Å². The number of aliphatic hydroxyl groups is 1. The number of aryl methyl sites for hydroxylation is 1. The predicted molar refractivity (Wildman–Crippen MR) is 77.0 cm³/mol. The van der Waals surface area contributed by atoms with Crippen LogP contribution < -0.4 is 0 Å². The molecule has 1 nitrogen and oxygen atoms in total. The first-order valence-electron chi connectivity index (χ1n) is 7.11. The molecular formula is C16H23ClO. The zero-order valence-corrected chi connectivity index (χ0v) is 11.9. The summed E-state index contributed by atoms with van der Waals surface area (Å²) >= 11 is 5.94. The van der Waals surface area contributed by atoms with Gasteiger partial charge in [-0.1, -0.05) is 49.8 Å². The van der Waals surface area contributed by atoms with Crippen LogP contribution >= 0.6 is 11.6 Å². The summed E-state index contributed by atoms with van der Waals surface area (Å²) in [5, 5.41) is 11.0. The monoisotopic (exact) mass is 266 g/mol. The smallest absolute Gasteiger partial charge is 0.0792 e. The summed E-state index contributed by atoms with van der Waals surface area (Å²) in [6.07, 6.45) is 8.57. The first-order chi connectivity index (χ1) is 8.66. The highest BCUT2D eigenvalue weighted by atomic mass is 35.5. The highest BCUT2D eigenvalue weighted by molar-refractivity contribution is 6.30. The highest BCUT2D eigenvalue weighted by Crippen LogP contribution is 2.31. The van der Waals surface area contributed by atoms with Gasteiger partial charge in [0.25, 0.3) is 0 Å². The minimum Gasteiger partial charge on any atom is -0.388 e. The van der Waals surface area contributed by atoms with Gasteiger partial charge in [-0.05, 0) is 48.9 Å². The van der Waals surface area contributed by atoms with E-state index in [-0.39, 0.29) is 6.10 Å². The van der Waals surface area contributed by atoms with E-state index in [1.54, 1.807) is 0 Å². The van der Waals surface area contributed by atoms with Crippen LogP contribution in [0.3, 0.4) is 0 Å². The summed E-state index contributed by atoms with van der Waals surface area (Å²) in [5.41, 5.74) is 2.13. The fourth-order valence-corrected chi connectivity index (χ4v) is 3.26. The molecular weight excluding hydrogens is 244 g/mol. The van der Waals surface area contributed by atoms with E-state index >= 15 is 0 Å². The van der Waals surface area contributed by atoms with Crippen LogP contribution in [0.5, 0.6) is 0 Å². The van der Waals surface area contributed by atoms with E-state index in [9.17, 15) is 5.11 Å². The number of hydrogen-bond donors (Lipinski definition) is 1. The molecule has 0 aliphatic heterocycles. The van der Waals surface area contributed by atoms with Gasteiger partial charge in [0.2, 0.25) is 0 Å². The van der Waals surface area contributed by atoms with Crippen LogP contribution in [0.25, 0.3) is 0 Å². The van der Waals surface area contributed by atoms with E-state index in [0.29, 0.717) is 0 Å². The quantitative estimate of drug-likeness (QED) is 0.809. The van der Waals surface area contributed by atoms with E-state index in [2.05, 4.69) is 0 Å². The summed E-state index contributed by atoms with van der Waals surface area (Å²) in [4.78, 5) is 0. The molecule has 0 bridgehead atoms. The van der Waals surface area contributed by atoms with Crippen LogP contribution in [-0.2, 0) is 0 Å². The van der Waals surface area contributed by atoms with Gasteiger partial charge in [-0.2, -0.15) is 0 Å². The first kappa shape index (κ1) is 13.9. The lowest BCUT2D eigenvalue weighted by molar-refractivity contribution is 0.150. The number of aliphatic hydroxyl groups excluding tert-OH is 1. The number of halogens is 1. The average Bonchev–Trinajstić information content (AvgIpc) is 2.37. The molecule has 1 unspecified atom stereocenters. The minimum absolute atomic E-state index is 0.329. The molecule has 1 aliphatic rings. The van der Waals surface area contributed by atoms with Crippen molar-refractivity contribution in [2.24, 2.45) is 5.92 Å². The normalized spacial score (nSPS) is 18.8. The SMILES string of the molecule is Cc1cc(Cl)ccc1C(O)CCC1CCCCC1. The molecule has 1 aromatic rings. The Morgan fingerprint density at radius 2 is 2.00 bits per heavy atom. The third-order valence-electron chi connectivity index (χ3n) is 4.16. The van der Waals surface area contributed by atoms with E-state index < -0.39 is 0 Å². The Bertz CT molecular complexity index is 383. The van der Waals surface area contributed by atoms with E-state index in [1.807, 2.05) is 25.1 Å². The van der Waals surface area contributed by atoms with E-state index in [1.165, 1.54) is 32.1 Å². The summed E-state index contributed by atoms with van der Waals surface area (Å²) < 4.78 is 0. The lowest BCUT2D eigenvalue weighted by Gasteiger charge is -2.23. The van der Waals surface area contributed by atoms with Gasteiger partial charge in [0.05, 0.1) is 6.10 Å². The molecule has 1 N–H and O–H groups in total. The number of rotatable bonds is 4. The van der Waals surface area contributed by atoms with Gasteiger partial charge in [0.15, 0.2) is 0 Å². The molecule has 0 spiro atoms. The summed E-state index contributed by atoms with van der Waals surface area (Å²) in [5.74, 6) is 0.834. The van der Waals surface area contributed by atoms with E-state index in [4.69, 9.17) is 11.6 Å². The van der Waals surface area contributed by atoms with Crippen LogP contribution in [0.2, 0.25) is 5.02 Å². The van der Waals surface area contributed by atoms with Crippen molar-refractivity contribution in [3.63, 3.8) is 0 Å². The third kappa shape index (κ3) is 3.73. The molecule has 0 amide bonds. The van der Waals surface area contributed by atoms with Gasteiger partial charge < -0.3 is 5.11 Å². The Balaban J connectivity index is 1.88. The Morgan fingerprint density at radius 1 is 1.28 bits per heavy atom. The first-order valence-corrected chi connectivity index (χ1v) is 7.48. The van der Waals surface area contributed by atoms with Crippen LogP contribution in [0.1, 0.15) is 62.2 Å². The molecule has 1 atom stereocenters. The number of hydrogen-bond acceptors (Lipinski definition) is 1. The molecule has 1 aliphatic carbocycles. The average molecular weight is 267 g/mol. The summed E-state index contributed by atoms with van der Waals surface area (Å²) in [6.45, 7) is 2.02. The Morgan fingerprint density at radius 3 is 2.67 bits per heavy atom. The van der Waals surface area contributed by atoms with Crippen molar-refractivity contribution in [3.05, 3.63) is 34.3 Å². The maximum Gasteiger partial charge on any atom is 0.0792 e. The maximum absolute atomic E-state index is 10.3. The van der Waals surface area contributed by atoms with Crippen molar-refractivity contribution in [1.29, 1.82) is 0 Å². The fraction of sp³-hybridized carbons (Fsp3) is 0.625. The van der Waals surface area contributed by atoms with Gasteiger partial charge in [-0.3, -0.25) is 0 Å². The van der Waals surface area contributed by atoms with Crippen LogP contribution in [0.4, 0.5) is 0 Å². The second-order valence-corrected chi connectivity index (χ2v) is 6.03. The molecule has 100 valence electrons. The molecule has 2 heteroatoms. The standard InChI is InChI=1S/C16H23ClO/c1-12-11-14(17)8-9-15(12)16(18)10-7-13-5-3-2-4-6-13/h8-9,11,13,16,18H,2-7,10H2,1H3. The van der Waals surface area contributed by atoms with Crippen LogP contribution in [0, 0.1) is 12.8 Å². The van der Waals surface area contributed by atoms with Crippen LogP contribution in [-0.4, -0.2) is 5.11 Å². The molecule has 0 saturated heterocycles.